The maximum absolute atomic E-state index is 12.4. The van der Waals surface area contributed by atoms with Gasteiger partial charge in [-0.05, 0) is 36.4 Å². The van der Waals surface area contributed by atoms with Crippen LogP contribution in [0, 0.1) is 0 Å². The minimum atomic E-state index is -3.80. The van der Waals surface area contributed by atoms with Crippen LogP contribution in [0.1, 0.15) is 0 Å². The molecule has 0 saturated carbocycles. The Balaban J connectivity index is 2.22. The third-order valence-electron chi connectivity index (χ3n) is 3.08. The van der Waals surface area contributed by atoms with E-state index in [1.54, 1.807) is 17.7 Å². The van der Waals surface area contributed by atoms with Crippen LogP contribution >= 0.6 is 34.5 Å². The molecule has 0 aliphatic rings. The minimum absolute atomic E-state index is 0.0976. The summed E-state index contributed by atoms with van der Waals surface area (Å²) >= 11 is 13.2. The summed E-state index contributed by atoms with van der Waals surface area (Å²) in [6.07, 6.45) is 0. The van der Waals surface area contributed by atoms with Gasteiger partial charge in [-0.1, -0.05) is 40.6 Å². The van der Waals surface area contributed by atoms with Crippen LogP contribution < -0.4 is 4.80 Å². The maximum Gasteiger partial charge on any atom is 0.285 e. The van der Waals surface area contributed by atoms with Crippen LogP contribution in [0.4, 0.5) is 0 Å². The zero-order valence-corrected chi connectivity index (χ0v) is 14.5. The van der Waals surface area contributed by atoms with Crippen molar-refractivity contribution < 1.29 is 8.42 Å². The number of thiazole rings is 1. The molecule has 4 nitrogen and oxygen atoms in total. The molecule has 0 unspecified atom stereocenters. The Bertz CT molecular complexity index is 1020. The van der Waals surface area contributed by atoms with Gasteiger partial charge in [-0.25, -0.2) is 0 Å². The molecule has 0 N–H and O–H groups in total. The maximum atomic E-state index is 12.4. The fraction of sp³-hybridized carbons (Fsp3) is 0.0714. The van der Waals surface area contributed by atoms with Crippen LogP contribution in [0.25, 0.3) is 10.2 Å². The fourth-order valence-corrected chi connectivity index (χ4v) is 4.76. The van der Waals surface area contributed by atoms with Gasteiger partial charge in [-0.3, -0.25) is 0 Å². The summed E-state index contributed by atoms with van der Waals surface area (Å²) in [6.45, 7) is 0. The molecule has 3 rings (SSSR count). The Kier molecular flexibility index (Phi) is 4.03. The monoisotopic (exact) mass is 372 g/mol. The van der Waals surface area contributed by atoms with Crippen molar-refractivity contribution in [3.05, 3.63) is 57.3 Å². The molecule has 1 aromatic heterocycles. The van der Waals surface area contributed by atoms with Gasteiger partial charge in [-0.2, -0.15) is 8.42 Å². The van der Waals surface area contributed by atoms with Crippen molar-refractivity contribution in [3.63, 3.8) is 0 Å². The van der Waals surface area contributed by atoms with Gasteiger partial charge in [0.1, 0.15) is 0 Å². The highest BCUT2D eigenvalue weighted by atomic mass is 35.5. The lowest BCUT2D eigenvalue weighted by Crippen LogP contribution is -2.13. The van der Waals surface area contributed by atoms with Crippen molar-refractivity contribution in [1.82, 2.24) is 4.57 Å². The van der Waals surface area contributed by atoms with Gasteiger partial charge in [0.05, 0.1) is 20.1 Å². The molecular formula is C14H10Cl2N2O2S2. The van der Waals surface area contributed by atoms with E-state index in [1.807, 2.05) is 12.1 Å². The lowest BCUT2D eigenvalue weighted by Gasteiger charge is -1.99. The number of para-hydroxylation sites is 1. The van der Waals surface area contributed by atoms with Gasteiger partial charge in [0, 0.05) is 12.1 Å². The molecule has 0 spiro atoms. The first-order valence-corrected chi connectivity index (χ1v) is 9.20. The molecular weight excluding hydrogens is 363 g/mol. The van der Waals surface area contributed by atoms with E-state index in [4.69, 9.17) is 23.2 Å². The number of aryl methyl sites for hydroxylation is 1. The lowest BCUT2D eigenvalue weighted by molar-refractivity contribution is 0.596. The van der Waals surface area contributed by atoms with Crippen LogP contribution in [0.15, 0.2) is 51.8 Å². The number of hydrogen-bond donors (Lipinski definition) is 0. The van der Waals surface area contributed by atoms with Gasteiger partial charge in [-0.15, -0.1) is 4.40 Å². The van der Waals surface area contributed by atoms with Crippen LogP contribution in [0.3, 0.4) is 0 Å². The predicted molar refractivity (Wildman–Crippen MR) is 90.0 cm³/mol. The molecule has 22 heavy (non-hydrogen) atoms. The number of halogens is 2. The van der Waals surface area contributed by atoms with E-state index in [0.29, 0.717) is 14.8 Å². The highest BCUT2D eigenvalue weighted by Crippen LogP contribution is 2.25. The molecule has 2 aromatic carbocycles. The van der Waals surface area contributed by atoms with E-state index >= 15 is 0 Å². The summed E-state index contributed by atoms with van der Waals surface area (Å²) in [5, 5.41) is 1.03. The third kappa shape index (κ3) is 2.79. The number of rotatable bonds is 2. The smallest absolute Gasteiger partial charge is 0.285 e. The summed E-state index contributed by atoms with van der Waals surface area (Å²) in [5.74, 6) is 0. The highest BCUT2D eigenvalue weighted by Gasteiger charge is 2.14. The number of fused-ring (bicyclic) bond motifs is 1. The van der Waals surface area contributed by atoms with Crippen molar-refractivity contribution in [2.75, 3.05) is 0 Å². The number of benzene rings is 2. The average Bonchev–Trinajstić information content (AvgIpc) is 2.76. The molecule has 0 radical (unpaired) electrons. The molecule has 0 bridgehead atoms. The first kappa shape index (κ1) is 15.6. The van der Waals surface area contributed by atoms with E-state index in [-0.39, 0.29) is 4.90 Å². The van der Waals surface area contributed by atoms with Crippen molar-refractivity contribution in [3.8, 4) is 0 Å². The Morgan fingerprint density at radius 2 is 1.77 bits per heavy atom. The standard InChI is InChI=1S/C14H10Cl2N2O2S2/c1-18-13-11(16)3-2-4-12(13)21-14(18)17-22(19,20)10-7-5-9(15)6-8-10/h2-8H,1H3/b17-14-. The molecule has 3 aromatic rings. The molecule has 0 atom stereocenters. The normalized spacial score (nSPS) is 13.0. The summed E-state index contributed by atoms with van der Waals surface area (Å²) in [5.41, 5.74) is 0.763. The topological polar surface area (TPSA) is 51.4 Å². The molecule has 8 heteroatoms. The molecule has 0 aliphatic heterocycles. The Morgan fingerprint density at radius 3 is 2.41 bits per heavy atom. The van der Waals surface area contributed by atoms with E-state index < -0.39 is 10.0 Å². The van der Waals surface area contributed by atoms with Crippen molar-refractivity contribution in [1.29, 1.82) is 0 Å². The highest BCUT2D eigenvalue weighted by molar-refractivity contribution is 7.90. The van der Waals surface area contributed by atoms with Crippen LogP contribution in [-0.4, -0.2) is 13.0 Å². The Labute approximate surface area is 141 Å². The molecule has 1 heterocycles. The second kappa shape index (κ2) is 5.70. The van der Waals surface area contributed by atoms with Gasteiger partial charge >= 0.3 is 0 Å². The summed E-state index contributed by atoms with van der Waals surface area (Å²) in [6, 6.07) is 11.4. The average molecular weight is 373 g/mol. The quantitative estimate of drug-likeness (QED) is 0.686. The SMILES string of the molecule is Cn1/c(=N/S(=O)(=O)c2ccc(Cl)cc2)sc2cccc(Cl)c21. The zero-order chi connectivity index (χ0) is 15.9. The molecule has 0 aliphatic carbocycles. The third-order valence-corrected chi connectivity index (χ3v) is 6.13. The first-order chi connectivity index (χ1) is 10.4. The minimum Gasteiger partial charge on any atom is -0.318 e. The predicted octanol–water partition coefficient (Wildman–Crippen LogP) is 3.84. The number of hydrogen-bond acceptors (Lipinski definition) is 3. The van der Waals surface area contributed by atoms with Crippen LogP contribution in [0.5, 0.6) is 0 Å². The summed E-state index contributed by atoms with van der Waals surface area (Å²) in [7, 11) is -2.06. The lowest BCUT2D eigenvalue weighted by atomic mass is 10.3. The van der Waals surface area contributed by atoms with Crippen molar-refractivity contribution in [2.24, 2.45) is 11.4 Å². The van der Waals surface area contributed by atoms with Gasteiger partial charge in [0.2, 0.25) is 4.80 Å². The Morgan fingerprint density at radius 1 is 1.09 bits per heavy atom. The molecule has 0 saturated heterocycles. The largest absolute Gasteiger partial charge is 0.318 e. The van der Waals surface area contributed by atoms with Gasteiger partial charge in [0.15, 0.2) is 0 Å². The van der Waals surface area contributed by atoms with Crippen LogP contribution in [0.2, 0.25) is 10.0 Å². The summed E-state index contributed by atoms with van der Waals surface area (Å²) in [4.78, 5) is 0.457. The molecule has 0 fully saturated rings. The Hall–Kier alpha value is -1.34. The van der Waals surface area contributed by atoms with Gasteiger partial charge < -0.3 is 4.57 Å². The zero-order valence-electron chi connectivity index (χ0n) is 11.3. The van der Waals surface area contributed by atoms with E-state index in [0.717, 1.165) is 10.2 Å². The van der Waals surface area contributed by atoms with Crippen molar-refractivity contribution in [2.45, 2.75) is 4.90 Å². The number of aromatic nitrogens is 1. The summed E-state index contributed by atoms with van der Waals surface area (Å²) < 4.78 is 31.2. The van der Waals surface area contributed by atoms with Gasteiger partial charge in [0.25, 0.3) is 10.0 Å². The molecule has 114 valence electrons. The number of nitrogens with zero attached hydrogens (tertiary/aromatic N) is 2. The molecule has 0 amide bonds. The second-order valence-corrected chi connectivity index (χ2v) is 8.01. The number of sulfonamides is 1. The van der Waals surface area contributed by atoms with E-state index in [2.05, 4.69) is 4.40 Å². The van der Waals surface area contributed by atoms with Crippen LogP contribution in [-0.2, 0) is 17.1 Å². The van der Waals surface area contributed by atoms with Crippen molar-refractivity contribution >= 4 is 54.8 Å². The van der Waals surface area contributed by atoms with E-state index in [9.17, 15) is 8.42 Å². The first-order valence-electron chi connectivity index (χ1n) is 6.19. The van der Waals surface area contributed by atoms with E-state index in [1.165, 1.54) is 35.6 Å². The second-order valence-electron chi connectivity index (χ2n) is 4.55. The fourth-order valence-electron chi connectivity index (χ4n) is 2.01.